The van der Waals surface area contributed by atoms with Crippen LogP contribution < -0.4 is 16.4 Å². The minimum atomic E-state index is -0.420. The van der Waals surface area contributed by atoms with E-state index in [1.807, 2.05) is 18.2 Å². The molecule has 0 aliphatic carbocycles. The fourth-order valence-electron chi connectivity index (χ4n) is 2.94. The molecule has 0 radical (unpaired) electrons. The number of benzene rings is 1. The number of hydrogen-bond donors (Lipinski definition) is 3. The molecule has 1 fully saturated rings. The molecular weight excluding hydrogens is 366 g/mol. The molecule has 0 atom stereocenters. The number of primary amides is 1. The molecule has 0 spiro atoms. The van der Waals surface area contributed by atoms with Crippen LogP contribution in [0.2, 0.25) is 0 Å². The number of thiazole rings is 1. The van der Waals surface area contributed by atoms with Crippen LogP contribution in [0.3, 0.4) is 0 Å². The van der Waals surface area contributed by atoms with Gasteiger partial charge >= 0.3 is 6.03 Å². The van der Waals surface area contributed by atoms with Crippen LogP contribution in [0, 0.1) is 12.8 Å². The summed E-state index contributed by atoms with van der Waals surface area (Å²) in [5, 5.41) is 5.72. The van der Waals surface area contributed by atoms with Crippen LogP contribution in [-0.2, 0) is 4.79 Å². The monoisotopic (exact) mass is 387 g/mol. The Labute approximate surface area is 160 Å². The quantitative estimate of drug-likeness (QED) is 0.747. The molecule has 8 nitrogen and oxygen atoms in total. The summed E-state index contributed by atoms with van der Waals surface area (Å²) in [7, 11) is 0. The van der Waals surface area contributed by atoms with Gasteiger partial charge < -0.3 is 16.0 Å². The van der Waals surface area contributed by atoms with E-state index >= 15 is 0 Å². The van der Waals surface area contributed by atoms with Crippen LogP contribution in [0.25, 0.3) is 0 Å². The van der Waals surface area contributed by atoms with Crippen molar-refractivity contribution in [2.24, 2.45) is 11.7 Å². The highest BCUT2D eigenvalue weighted by atomic mass is 32.1. The molecule has 0 saturated carbocycles. The van der Waals surface area contributed by atoms with Crippen LogP contribution in [-0.4, -0.2) is 40.8 Å². The van der Waals surface area contributed by atoms with Gasteiger partial charge in [0.15, 0.2) is 5.13 Å². The van der Waals surface area contributed by atoms with Gasteiger partial charge in [0.05, 0.1) is 5.69 Å². The highest BCUT2D eigenvalue weighted by Gasteiger charge is 2.28. The van der Waals surface area contributed by atoms with Gasteiger partial charge in [0.2, 0.25) is 5.91 Å². The average Bonchev–Trinajstić information content (AvgIpc) is 3.01. The maximum atomic E-state index is 12.7. The number of likely N-dealkylation sites (tertiary alicyclic amines) is 1. The van der Waals surface area contributed by atoms with Gasteiger partial charge in [0.1, 0.15) is 4.88 Å². The third-order valence-corrected chi connectivity index (χ3v) is 5.49. The third kappa shape index (κ3) is 4.62. The summed E-state index contributed by atoms with van der Waals surface area (Å²) in [5.74, 6) is -0.619. The minimum Gasteiger partial charge on any atom is -0.369 e. The van der Waals surface area contributed by atoms with Crippen molar-refractivity contribution in [3.8, 4) is 0 Å². The molecular formula is C18H21N5O3S. The fraction of sp³-hybridized carbons (Fsp3) is 0.333. The largest absolute Gasteiger partial charge is 0.369 e. The Morgan fingerprint density at radius 3 is 2.44 bits per heavy atom. The van der Waals surface area contributed by atoms with Crippen LogP contribution in [0.15, 0.2) is 30.3 Å². The topological polar surface area (TPSA) is 117 Å². The normalized spacial score (nSPS) is 14.6. The highest BCUT2D eigenvalue weighted by molar-refractivity contribution is 7.17. The lowest BCUT2D eigenvalue weighted by atomic mass is 9.96. The van der Waals surface area contributed by atoms with Gasteiger partial charge in [-0.25, -0.2) is 9.78 Å². The van der Waals surface area contributed by atoms with Crippen LogP contribution in [0.5, 0.6) is 0 Å². The number of nitrogens with zero attached hydrogens (tertiary/aromatic N) is 2. The minimum absolute atomic E-state index is 0.135. The predicted octanol–water partition coefficient (Wildman–Crippen LogP) is 2.43. The maximum Gasteiger partial charge on any atom is 0.325 e. The molecule has 0 unspecified atom stereocenters. The van der Waals surface area contributed by atoms with E-state index in [2.05, 4.69) is 15.6 Å². The smallest absolute Gasteiger partial charge is 0.325 e. The average molecular weight is 387 g/mol. The van der Waals surface area contributed by atoms with Crippen molar-refractivity contribution in [3.63, 3.8) is 0 Å². The molecule has 1 aromatic heterocycles. The molecule has 1 aliphatic rings. The van der Waals surface area contributed by atoms with E-state index < -0.39 is 6.03 Å². The van der Waals surface area contributed by atoms with E-state index in [4.69, 9.17) is 5.73 Å². The predicted molar refractivity (Wildman–Crippen MR) is 104 cm³/mol. The SMILES string of the molecule is Cc1nc(NC(=O)Nc2ccccc2)sc1C(=O)N1CCC(C(N)=O)CC1. The molecule has 1 saturated heterocycles. The number of nitrogens with two attached hydrogens (primary N) is 1. The van der Waals surface area contributed by atoms with E-state index in [-0.39, 0.29) is 17.7 Å². The second-order valence-corrected chi connectivity index (χ2v) is 7.35. The number of carbonyl (C=O) groups excluding carboxylic acids is 3. The lowest BCUT2D eigenvalue weighted by molar-refractivity contribution is -0.123. The summed E-state index contributed by atoms with van der Waals surface area (Å²) in [6.45, 7) is 2.71. The lowest BCUT2D eigenvalue weighted by Crippen LogP contribution is -2.41. The first-order chi connectivity index (χ1) is 12.9. The Kier molecular flexibility index (Phi) is 5.70. The fourth-order valence-corrected chi connectivity index (χ4v) is 3.87. The molecule has 142 valence electrons. The number of anilines is 2. The number of aryl methyl sites for hydroxylation is 1. The van der Waals surface area contributed by atoms with Gasteiger partial charge in [-0.3, -0.25) is 14.9 Å². The van der Waals surface area contributed by atoms with E-state index in [0.717, 1.165) is 11.3 Å². The number of piperidine rings is 1. The summed E-state index contributed by atoms with van der Waals surface area (Å²) in [6, 6.07) is 8.63. The first-order valence-corrected chi connectivity index (χ1v) is 9.44. The van der Waals surface area contributed by atoms with E-state index in [9.17, 15) is 14.4 Å². The van der Waals surface area contributed by atoms with Gasteiger partial charge in [-0.1, -0.05) is 29.5 Å². The molecule has 3 rings (SSSR count). The third-order valence-electron chi connectivity index (χ3n) is 4.43. The van der Waals surface area contributed by atoms with Crippen LogP contribution >= 0.6 is 11.3 Å². The van der Waals surface area contributed by atoms with E-state index in [0.29, 0.717) is 47.3 Å². The van der Waals surface area contributed by atoms with Gasteiger partial charge in [-0.05, 0) is 31.9 Å². The Hall–Kier alpha value is -2.94. The standard InChI is InChI=1S/C18H21N5O3S/c1-11-14(16(25)23-9-7-12(8-10-23)15(19)24)27-18(20-11)22-17(26)21-13-5-3-2-4-6-13/h2-6,12H,7-10H2,1H3,(H2,19,24)(H2,20,21,22,26). The van der Waals surface area contributed by atoms with Crippen molar-refractivity contribution in [1.29, 1.82) is 0 Å². The van der Waals surface area contributed by atoms with E-state index in [1.54, 1.807) is 24.0 Å². The number of amides is 4. The summed E-state index contributed by atoms with van der Waals surface area (Å²) < 4.78 is 0. The van der Waals surface area contributed by atoms with Gasteiger partial charge in [0, 0.05) is 24.7 Å². The molecule has 4 N–H and O–H groups in total. The van der Waals surface area contributed by atoms with Crippen LogP contribution in [0.1, 0.15) is 28.2 Å². The zero-order chi connectivity index (χ0) is 19.4. The van der Waals surface area contributed by atoms with Crippen molar-refractivity contribution in [3.05, 3.63) is 40.9 Å². The second-order valence-electron chi connectivity index (χ2n) is 6.35. The number of urea groups is 1. The summed E-state index contributed by atoms with van der Waals surface area (Å²) in [5.41, 5.74) is 6.56. The summed E-state index contributed by atoms with van der Waals surface area (Å²) >= 11 is 1.14. The molecule has 0 bridgehead atoms. The summed E-state index contributed by atoms with van der Waals surface area (Å²) in [6.07, 6.45) is 1.15. The molecule has 2 heterocycles. The maximum absolute atomic E-state index is 12.7. The van der Waals surface area contributed by atoms with Crippen molar-refractivity contribution >= 4 is 40.0 Å². The number of hydrogen-bond acceptors (Lipinski definition) is 5. The second kappa shape index (κ2) is 8.17. The number of nitrogens with one attached hydrogen (secondary N) is 2. The Balaban J connectivity index is 1.61. The lowest BCUT2D eigenvalue weighted by Gasteiger charge is -2.30. The van der Waals surface area contributed by atoms with Crippen molar-refractivity contribution in [2.45, 2.75) is 19.8 Å². The van der Waals surface area contributed by atoms with Crippen molar-refractivity contribution in [2.75, 3.05) is 23.7 Å². The molecule has 1 aliphatic heterocycles. The summed E-state index contributed by atoms with van der Waals surface area (Å²) in [4.78, 5) is 42.5. The first kappa shape index (κ1) is 18.8. The molecule has 2 aromatic rings. The van der Waals surface area contributed by atoms with Crippen molar-refractivity contribution in [1.82, 2.24) is 9.88 Å². The molecule has 4 amide bonds. The Morgan fingerprint density at radius 1 is 1.15 bits per heavy atom. The molecule has 27 heavy (non-hydrogen) atoms. The van der Waals surface area contributed by atoms with E-state index in [1.165, 1.54) is 0 Å². The Morgan fingerprint density at radius 2 is 1.81 bits per heavy atom. The van der Waals surface area contributed by atoms with Gasteiger partial charge in [0.25, 0.3) is 5.91 Å². The van der Waals surface area contributed by atoms with Crippen molar-refractivity contribution < 1.29 is 14.4 Å². The number of carbonyl (C=O) groups is 3. The Bertz CT molecular complexity index is 844. The molecule has 1 aromatic carbocycles. The van der Waals surface area contributed by atoms with Gasteiger partial charge in [-0.2, -0.15) is 0 Å². The first-order valence-electron chi connectivity index (χ1n) is 8.63. The van der Waals surface area contributed by atoms with Gasteiger partial charge in [-0.15, -0.1) is 0 Å². The van der Waals surface area contributed by atoms with Crippen LogP contribution in [0.4, 0.5) is 15.6 Å². The number of aromatic nitrogens is 1. The highest BCUT2D eigenvalue weighted by Crippen LogP contribution is 2.26. The zero-order valence-electron chi connectivity index (χ0n) is 14.9. The number of para-hydroxylation sites is 1. The zero-order valence-corrected chi connectivity index (χ0v) is 15.7. The number of rotatable bonds is 4. The molecule has 9 heteroatoms.